The Kier molecular flexibility index (Phi) is 4.78. The van der Waals surface area contributed by atoms with Crippen molar-refractivity contribution in [3.63, 3.8) is 0 Å². The summed E-state index contributed by atoms with van der Waals surface area (Å²) in [6.45, 7) is 3.33. The minimum Gasteiger partial charge on any atom is -0.365 e. The second kappa shape index (κ2) is 6.56. The highest BCUT2D eigenvalue weighted by Crippen LogP contribution is 2.25. The number of benzene rings is 1. The van der Waals surface area contributed by atoms with E-state index in [-0.39, 0.29) is 5.91 Å². The Morgan fingerprint density at radius 2 is 2.40 bits per heavy atom. The first-order valence-corrected chi connectivity index (χ1v) is 6.84. The molecule has 1 saturated heterocycles. The Bertz CT molecular complexity index is 537. The third kappa shape index (κ3) is 3.60. The number of hydrogen-bond acceptors (Lipinski definition) is 3. The molecule has 106 valence electrons. The van der Waals surface area contributed by atoms with Crippen LogP contribution >= 0.6 is 0 Å². The van der Waals surface area contributed by atoms with Crippen molar-refractivity contribution in [2.24, 2.45) is 5.73 Å². The van der Waals surface area contributed by atoms with E-state index < -0.39 is 5.60 Å². The van der Waals surface area contributed by atoms with E-state index in [1.165, 1.54) is 0 Å². The number of hydrogen-bond donors (Lipinski definition) is 2. The maximum absolute atomic E-state index is 12.1. The predicted octanol–water partition coefficient (Wildman–Crippen LogP) is 1.18. The van der Waals surface area contributed by atoms with Crippen LogP contribution in [0.5, 0.6) is 0 Å². The molecule has 0 spiro atoms. The van der Waals surface area contributed by atoms with Crippen LogP contribution in [0.3, 0.4) is 0 Å². The second-order valence-corrected chi connectivity index (χ2v) is 5.07. The van der Waals surface area contributed by atoms with E-state index >= 15 is 0 Å². The van der Waals surface area contributed by atoms with Crippen LogP contribution in [0.4, 0.5) is 0 Å². The van der Waals surface area contributed by atoms with Crippen molar-refractivity contribution in [2.45, 2.75) is 31.9 Å². The molecule has 0 bridgehead atoms. The van der Waals surface area contributed by atoms with Crippen LogP contribution in [0.1, 0.15) is 30.9 Å². The van der Waals surface area contributed by atoms with Crippen molar-refractivity contribution in [1.29, 1.82) is 0 Å². The minimum atomic E-state index is -0.670. The van der Waals surface area contributed by atoms with E-state index in [1.54, 1.807) is 0 Å². The Morgan fingerprint density at radius 1 is 1.55 bits per heavy atom. The fourth-order valence-electron chi connectivity index (χ4n) is 2.24. The highest BCUT2D eigenvalue weighted by molar-refractivity contribution is 5.84. The Morgan fingerprint density at radius 3 is 3.10 bits per heavy atom. The maximum atomic E-state index is 12.1. The van der Waals surface area contributed by atoms with E-state index in [0.717, 1.165) is 24.0 Å². The van der Waals surface area contributed by atoms with Gasteiger partial charge in [0, 0.05) is 18.7 Å². The zero-order valence-electron chi connectivity index (χ0n) is 11.7. The lowest BCUT2D eigenvalue weighted by Crippen LogP contribution is -2.43. The molecule has 1 aromatic rings. The van der Waals surface area contributed by atoms with Gasteiger partial charge in [-0.3, -0.25) is 4.79 Å². The molecule has 0 radical (unpaired) electrons. The van der Waals surface area contributed by atoms with Gasteiger partial charge < -0.3 is 15.8 Å². The van der Waals surface area contributed by atoms with E-state index in [0.29, 0.717) is 19.7 Å². The lowest BCUT2D eigenvalue weighted by molar-refractivity contribution is -0.139. The molecule has 1 aliphatic rings. The van der Waals surface area contributed by atoms with Crippen molar-refractivity contribution in [1.82, 2.24) is 5.32 Å². The molecule has 1 aliphatic heterocycles. The standard InChI is InChI=1S/C16H20N2O2/c1-16(8-4-10-20-16)15(19)18-12-14-6-2-5-13(11-14)7-3-9-17/h2,5-6,11H,4,8-10,12,17H2,1H3,(H,18,19). The van der Waals surface area contributed by atoms with Crippen molar-refractivity contribution < 1.29 is 9.53 Å². The van der Waals surface area contributed by atoms with Crippen LogP contribution in [-0.2, 0) is 16.1 Å². The largest absolute Gasteiger partial charge is 0.365 e. The molecule has 1 aromatic carbocycles. The van der Waals surface area contributed by atoms with Gasteiger partial charge in [-0.25, -0.2) is 0 Å². The van der Waals surface area contributed by atoms with Gasteiger partial charge in [0.2, 0.25) is 0 Å². The smallest absolute Gasteiger partial charge is 0.252 e. The summed E-state index contributed by atoms with van der Waals surface area (Å²) in [4.78, 5) is 12.1. The molecule has 4 nitrogen and oxygen atoms in total. The first kappa shape index (κ1) is 14.6. The van der Waals surface area contributed by atoms with Gasteiger partial charge in [-0.15, -0.1) is 0 Å². The molecule has 0 aromatic heterocycles. The fourth-order valence-corrected chi connectivity index (χ4v) is 2.24. The van der Waals surface area contributed by atoms with Crippen LogP contribution in [0.15, 0.2) is 24.3 Å². The summed E-state index contributed by atoms with van der Waals surface area (Å²) in [5.74, 6) is 5.75. The Balaban J connectivity index is 1.95. The van der Waals surface area contributed by atoms with Gasteiger partial charge in [0.05, 0.1) is 6.54 Å². The van der Waals surface area contributed by atoms with Gasteiger partial charge in [0.25, 0.3) is 5.91 Å². The molecule has 2 rings (SSSR count). The number of nitrogens with one attached hydrogen (secondary N) is 1. The molecule has 4 heteroatoms. The topological polar surface area (TPSA) is 64.4 Å². The van der Waals surface area contributed by atoms with Gasteiger partial charge >= 0.3 is 0 Å². The van der Waals surface area contributed by atoms with Crippen molar-refractivity contribution in [3.8, 4) is 11.8 Å². The molecule has 20 heavy (non-hydrogen) atoms. The predicted molar refractivity (Wildman–Crippen MR) is 77.8 cm³/mol. The van der Waals surface area contributed by atoms with Crippen LogP contribution < -0.4 is 11.1 Å². The first-order valence-electron chi connectivity index (χ1n) is 6.84. The Labute approximate surface area is 119 Å². The van der Waals surface area contributed by atoms with E-state index in [4.69, 9.17) is 10.5 Å². The Hall–Kier alpha value is -1.83. The monoisotopic (exact) mass is 272 g/mol. The summed E-state index contributed by atoms with van der Waals surface area (Å²) in [5.41, 5.74) is 6.61. The molecule has 1 unspecified atom stereocenters. The summed E-state index contributed by atoms with van der Waals surface area (Å²) in [6, 6.07) is 7.78. The third-order valence-electron chi connectivity index (χ3n) is 3.41. The SMILES string of the molecule is CC1(C(=O)NCc2cccc(C#CCN)c2)CCCO1. The summed E-state index contributed by atoms with van der Waals surface area (Å²) < 4.78 is 5.52. The van der Waals surface area contributed by atoms with Crippen LogP contribution in [0.25, 0.3) is 0 Å². The number of nitrogens with two attached hydrogens (primary N) is 1. The van der Waals surface area contributed by atoms with Crippen LogP contribution in [0.2, 0.25) is 0 Å². The molecular formula is C16H20N2O2. The molecule has 0 aliphatic carbocycles. The quantitative estimate of drug-likeness (QED) is 0.812. The van der Waals surface area contributed by atoms with E-state index in [2.05, 4.69) is 17.2 Å². The van der Waals surface area contributed by atoms with Crippen LogP contribution in [0, 0.1) is 11.8 Å². The molecule has 1 fully saturated rings. The third-order valence-corrected chi connectivity index (χ3v) is 3.41. The normalized spacial score (nSPS) is 21.1. The van der Waals surface area contributed by atoms with Crippen molar-refractivity contribution in [3.05, 3.63) is 35.4 Å². The molecular weight excluding hydrogens is 252 g/mol. The summed E-state index contributed by atoms with van der Waals surface area (Å²) in [6.07, 6.45) is 1.72. The number of rotatable bonds is 3. The van der Waals surface area contributed by atoms with Gasteiger partial charge in [-0.2, -0.15) is 0 Å². The van der Waals surface area contributed by atoms with Crippen molar-refractivity contribution in [2.75, 3.05) is 13.2 Å². The molecule has 1 amide bonds. The molecule has 1 atom stereocenters. The molecule has 0 saturated carbocycles. The second-order valence-electron chi connectivity index (χ2n) is 5.07. The fraction of sp³-hybridized carbons (Fsp3) is 0.438. The average molecular weight is 272 g/mol. The highest BCUT2D eigenvalue weighted by atomic mass is 16.5. The van der Waals surface area contributed by atoms with Gasteiger partial charge in [-0.1, -0.05) is 24.0 Å². The summed E-state index contributed by atoms with van der Waals surface area (Å²) >= 11 is 0. The zero-order valence-corrected chi connectivity index (χ0v) is 11.7. The number of carbonyl (C=O) groups excluding carboxylic acids is 1. The molecule has 3 N–H and O–H groups in total. The lowest BCUT2D eigenvalue weighted by atomic mass is 10.0. The van der Waals surface area contributed by atoms with Crippen molar-refractivity contribution >= 4 is 5.91 Å². The summed E-state index contributed by atoms with van der Waals surface area (Å²) in [5, 5.41) is 2.93. The summed E-state index contributed by atoms with van der Waals surface area (Å²) in [7, 11) is 0. The van der Waals surface area contributed by atoms with Gasteiger partial charge in [-0.05, 0) is 37.5 Å². The maximum Gasteiger partial charge on any atom is 0.252 e. The first-order chi connectivity index (χ1) is 9.64. The van der Waals surface area contributed by atoms with Gasteiger partial charge in [0.1, 0.15) is 5.60 Å². The zero-order chi connectivity index (χ0) is 14.4. The average Bonchev–Trinajstić information content (AvgIpc) is 2.91. The van der Waals surface area contributed by atoms with Gasteiger partial charge in [0.15, 0.2) is 0 Å². The van der Waals surface area contributed by atoms with E-state index in [1.807, 2.05) is 31.2 Å². The molecule has 1 heterocycles. The lowest BCUT2D eigenvalue weighted by Gasteiger charge is -2.21. The van der Waals surface area contributed by atoms with E-state index in [9.17, 15) is 4.79 Å². The number of carbonyl (C=O) groups is 1. The minimum absolute atomic E-state index is 0.0477. The van der Waals surface area contributed by atoms with Crippen LogP contribution in [-0.4, -0.2) is 24.7 Å². The number of amides is 1. The highest BCUT2D eigenvalue weighted by Gasteiger charge is 2.37. The number of ether oxygens (including phenoxy) is 1.